The summed E-state index contributed by atoms with van der Waals surface area (Å²) in [6, 6.07) is 11.0. The molecule has 0 saturated carbocycles. The summed E-state index contributed by atoms with van der Waals surface area (Å²) in [7, 11) is 0. The van der Waals surface area contributed by atoms with E-state index in [-0.39, 0.29) is 23.5 Å². The van der Waals surface area contributed by atoms with Gasteiger partial charge in [-0.1, -0.05) is 30.3 Å². The molecule has 0 unspecified atom stereocenters. The zero-order valence-corrected chi connectivity index (χ0v) is 12.4. The van der Waals surface area contributed by atoms with Gasteiger partial charge in [-0.3, -0.25) is 9.59 Å². The van der Waals surface area contributed by atoms with E-state index in [1.165, 1.54) is 6.08 Å². The minimum absolute atomic E-state index is 0.0460. The first-order valence-electron chi connectivity index (χ1n) is 7.16. The van der Waals surface area contributed by atoms with Gasteiger partial charge in [0, 0.05) is 23.7 Å². The number of allylic oxidation sites excluding steroid dienone is 2. The van der Waals surface area contributed by atoms with E-state index in [1.807, 2.05) is 0 Å². The molecule has 24 heavy (non-hydrogen) atoms. The molecule has 2 aromatic carbocycles. The van der Waals surface area contributed by atoms with Crippen molar-refractivity contribution in [1.29, 1.82) is 0 Å². The molecule has 6 heteroatoms. The zero-order valence-electron chi connectivity index (χ0n) is 12.4. The lowest BCUT2D eigenvalue weighted by Crippen LogP contribution is -2.13. The fourth-order valence-electron chi connectivity index (χ4n) is 2.47. The van der Waals surface area contributed by atoms with Crippen LogP contribution in [0.15, 0.2) is 60.3 Å². The highest BCUT2D eigenvalue weighted by molar-refractivity contribution is 6.14. The van der Waals surface area contributed by atoms with Gasteiger partial charge in [0.25, 0.3) is 0 Å². The number of benzene rings is 2. The van der Waals surface area contributed by atoms with Gasteiger partial charge in [0.05, 0.1) is 11.3 Å². The molecule has 1 N–H and O–H groups in total. The fourth-order valence-corrected chi connectivity index (χ4v) is 2.47. The molecule has 0 radical (unpaired) electrons. The Bertz CT molecular complexity index is 836. The number of hydrogen-bond donors (Lipinski definition) is 1. The van der Waals surface area contributed by atoms with Crippen LogP contribution >= 0.6 is 0 Å². The number of hydrogen-bond acceptors (Lipinski definition) is 3. The van der Waals surface area contributed by atoms with Crippen molar-refractivity contribution in [2.24, 2.45) is 0 Å². The summed E-state index contributed by atoms with van der Waals surface area (Å²) in [5.41, 5.74) is 0.686. The van der Waals surface area contributed by atoms with Crippen LogP contribution in [-0.2, 0) is 17.4 Å². The van der Waals surface area contributed by atoms with Crippen LogP contribution in [0.25, 0.3) is 0 Å². The number of anilines is 1. The number of carbonyl (C=O) groups is 2. The maximum atomic E-state index is 12.6. The lowest BCUT2D eigenvalue weighted by atomic mass is 10.0. The fraction of sp³-hybridized carbons (Fsp3) is 0.111. The summed E-state index contributed by atoms with van der Waals surface area (Å²) in [4.78, 5) is 24.5. The molecule has 2 aromatic rings. The number of rotatable bonds is 2. The highest BCUT2D eigenvalue weighted by Crippen LogP contribution is 2.29. The number of ketones is 2. The molecule has 0 spiro atoms. The molecule has 1 aliphatic rings. The van der Waals surface area contributed by atoms with E-state index in [4.69, 9.17) is 0 Å². The summed E-state index contributed by atoms with van der Waals surface area (Å²) in [6.45, 7) is 0. The normalized spacial score (nSPS) is 14.3. The van der Waals surface area contributed by atoms with Crippen LogP contribution in [0.5, 0.6) is 0 Å². The molecule has 0 saturated heterocycles. The molecule has 3 nitrogen and oxygen atoms in total. The Morgan fingerprint density at radius 2 is 1.67 bits per heavy atom. The minimum atomic E-state index is -4.46. The van der Waals surface area contributed by atoms with Crippen molar-refractivity contribution in [2.45, 2.75) is 12.6 Å². The molecule has 0 bridgehead atoms. The number of carbonyl (C=O) groups excluding carboxylic acids is 2. The summed E-state index contributed by atoms with van der Waals surface area (Å²) in [5.74, 6) is -0.781. The summed E-state index contributed by atoms with van der Waals surface area (Å²) in [6.07, 6.45) is -3.11. The van der Waals surface area contributed by atoms with E-state index in [2.05, 4.69) is 5.32 Å². The van der Waals surface area contributed by atoms with Crippen molar-refractivity contribution in [3.05, 3.63) is 77.0 Å². The Morgan fingerprint density at radius 3 is 2.33 bits per heavy atom. The average molecular weight is 331 g/mol. The van der Waals surface area contributed by atoms with E-state index in [0.717, 1.165) is 29.8 Å². The van der Waals surface area contributed by atoms with Gasteiger partial charge in [-0.2, -0.15) is 13.2 Å². The SMILES string of the molecule is O=C1C=C(C(=O)c2ccc(C(F)(F)F)cc2)Nc2ccccc2C1. The quantitative estimate of drug-likeness (QED) is 0.846. The largest absolute Gasteiger partial charge is 0.416 e. The monoisotopic (exact) mass is 331 g/mol. The van der Waals surface area contributed by atoms with Crippen molar-refractivity contribution < 1.29 is 22.8 Å². The molecular weight excluding hydrogens is 319 g/mol. The summed E-state index contributed by atoms with van der Waals surface area (Å²) in [5, 5.41) is 2.90. The number of nitrogens with one attached hydrogen (secondary N) is 1. The molecule has 3 rings (SSSR count). The van der Waals surface area contributed by atoms with Gasteiger partial charge in [-0.05, 0) is 23.8 Å². The smallest absolute Gasteiger partial charge is 0.352 e. The standard InChI is InChI=1S/C18H12F3NO2/c19-18(20,21)13-7-5-11(6-8-13)17(24)16-10-14(23)9-12-3-1-2-4-15(12)22-16/h1-8,10,22H,9H2. The number of fused-ring (bicyclic) bond motifs is 1. The molecular formula is C18H12F3NO2. The van der Waals surface area contributed by atoms with E-state index < -0.39 is 17.5 Å². The predicted octanol–water partition coefficient (Wildman–Crippen LogP) is 4.01. The van der Waals surface area contributed by atoms with Crippen LogP contribution < -0.4 is 5.32 Å². The third-order valence-electron chi connectivity index (χ3n) is 3.68. The highest BCUT2D eigenvalue weighted by Gasteiger charge is 2.30. The van der Waals surface area contributed by atoms with Gasteiger partial charge in [0.2, 0.25) is 5.78 Å². The van der Waals surface area contributed by atoms with Gasteiger partial charge in [0.15, 0.2) is 5.78 Å². The first-order chi connectivity index (χ1) is 11.3. The third kappa shape index (κ3) is 3.22. The topological polar surface area (TPSA) is 46.2 Å². The summed E-state index contributed by atoms with van der Waals surface area (Å²) >= 11 is 0. The van der Waals surface area contributed by atoms with Gasteiger partial charge >= 0.3 is 6.18 Å². The van der Waals surface area contributed by atoms with Gasteiger partial charge in [-0.15, -0.1) is 0 Å². The Kier molecular flexibility index (Phi) is 3.97. The maximum absolute atomic E-state index is 12.6. The van der Waals surface area contributed by atoms with Crippen molar-refractivity contribution in [1.82, 2.24) is 0 Å². The number of para-hydroxylation sites is 1. The van der Waals surface area contributed by atoms with Crippen LogP contribution in [0.4, 0.5) is 18.9 Å². The van der Waals surface area contributed by atoms with Crippen LogP contribution in [-0.4, -0.2) is 11.6 Å². The van der Waals surface area contributed by atoms with Crippen molar-refractivity contribution in [3.63, 3.8) is 0 Å². The van der Waals surface area contributed by atoms with E-state index in [0.29, 0.717) is 5.69 Å². The second-order valence-electron chi connectivity index (χ2n) is 5.39. The molecule has 0 fully saturated rings. The Hall–Kier alpha value is -2.89. The minimum Gasteiger partial charge on any atom is -0.352 e. The lowest BCUT2D eigenvalue weighted by molar-refractivity contribution is -0.137. The van der Waals surface area contributed by atoms with Crippen LogP contribution in [0, 0.1) is 0 Å². The van der Waals surface area contributed by atoms with Gasteiger partial charge in [0.1, 0.15) is 0 Å². The van der Waals surface area contributed by atoms with E-state index >= 15 is 0 Å². The summed E-state index contributed by atoms with van der Waals surface area (Å²) < 4.78 is 37.8. The second kappa shape index (κ2) is 5.96. The second-order valence-corrected chi connectivity index (χ2v) is 5.39. The number of alkyl halides is 3. The number of halogens is 3. The van der Waals surface area contributed by atoms with Crippen molar-refractivity contribution in [2.75, 3.05) is 5.32 Å². The van der Waals surface area contributed by atoms with Crippen molar-refractivity contribution in [3.8, 4) is 0 Å². The van der Waals surface area contributed by atoms with E-state index in [1.54, 1.807) is 24.3 Å². The Labute approximate surface area is 135 Å². The molecule has 122 valence electrons. The molecule has 0 aliphatic carbocycles. The number of Topliss-reactive ketones (excluding diaryl/α,β-unsaturated/α-hetero) is 1. The maximum Gasteiger partial charge on any atom is 0.416 e. The predicted molar refractivity (Wildman–Crippen MR) is 82.6 cm³/mol. The molecule has 0 amide bonds. The first-order valence-corrected chi connectivity index (χ1v) is 7.16. The Balaban J connectivity index is 1.91. The molecule has 1 aliphatic heterocycles. The molecule has 0 atom stereocenters. The third-order valence-corrected chi connectivity index (χ3v) is 3.68. The van der Waals surface area contributed by atoms with Crippen LogP contribution in [0.3, 0.4) is 0 Å². The van der Waals surface area contributed by atoms with Crippen LogP contribution in [0.2, 0.25) is 0 Å². The van der Waals surface area contributed by atoms with Gasteiger partial charge in [-0.25, -0.2) is 0 Å². The first kappa shape index (κ1) is 16.0. The molecule has 1 heterocycles. The average Bonchev–Trinajstić information content (AvgIpc) is 2.71. The lowest BCUT2D eigenvalue weighted by Gasteiger charge is -2.11. The van der Waals surface area contributed by atoms with E-state index in [9.17, 15) is 22.8 Å². The highest BCUT2D eigenvalue weighted by atomic mass is 19.4. The van der Waals surface area contributed by atoms with Gasteiger partial charge < -0.3 is 5.32 Å². The van der Waals surface area contributed by atoms with Crippen molar-refractivity contribution >= 4 is 17.3 Å². The Morgan fingerprint density at radius 1 is 1.00 bits per heavy atom. The zero-order chi connectivity index (χ0) is 17.3. The van der Waals surface area contributed by atoms with Crippen LogP contribution in [0.1, 0.15) is 21.5 Å². The molecule has 0 aromatic heterocycles.